The number of anilines is 1. The van der Waals surface area contributed by atoms with E-state index in [-0.39, 0.29) is 29.4 Å². The largest absolute Gasteiger partial charge is 0.349 e. The molecule has 1 saturated carbocycles. The number of thiocarbonyl (C=S) groups is 1. The fourth-order valence-corrected chi connectivity index (χ4v) is 4.25. The predicted octanol–water partition coefficient (Wildman–Crippen LogP) is 5.50. The summed E-state index contributed by atoms with van der Waals surface area (Å²) in [7, 11) is 0. The van der Waals surface area contributed by atoms with E-state index in [0.29, 0.717) is 27.7 Å². The van der Waals surface area contributed by atoms with Gasteiger partial charge in [0.25, 0.3) is 5.91 Å². The average molecular weight is 478 g/mol. The summed E-state index contributed by atoms with van der Waals surface area (Å²) >= 11 is 17.6. The van der Waals surface area contributed by atoms with E-state index < -0.39 is 0 Å². The van der Waals surface area contributed by atoms with Crippen LogP contribution in [0.1, 0.15) is 54.4 Å². The maximum absolute atomic E-state index is 12.7. The molecule has 2 amide bonds. The minimum atomic E-state index is -0.221. The van der Waals surface area contributed by atoms with Crippen molar-refractivity contribution in [3.63, 3.8) is 0 Å². The minimum absolute atomic E-state index is 0.158. The number of hydrogen-bond donors (Lipinski definition) is 3. The normalized spacial score (nSPS) is 14.0. The highest BCUT2D eigenvalue weighted by molar-refractivity contribution is 7.80. The fraction of sp³-hybridized carbons (Fsp3) is 0.348. The number of aryl methyl sites for hydroxylation is 1. The van der Waals surface area contributed by atoms with Crippen molar-refractivity contribution in [3.8, 4) is 0 Å². The Bertz CT molecular complexity index is 962. The third kappa shape index (κ3) is 7.20. The Hall–Kier alpha value is -2.15. The monoisotopic (exact) mass is 477 g/mol. The van der Waals surface area contributed by atoms with E-state index in [0.717, 1.165) is 31.2 Å². The van der Waals surface area contributed by atoms with Crippen LogP contribution in [0.5, 0.6) is 0 Å². The number of nitrogens with one attached hydrogen (secondary N) is 3. The molecule has 3 rings (SSSR count). The smallest absolute Gasteiger partial charge is 0.253 e. The highest BCUT2D eigenvalue weighted by Crippen LogP contribution is 2.23. The van der Waals surface area contributed by atoms with E-state index in [4.69, 9.17) is 35.4 Å². The SMILES string of the molecule is O=C(CCc1ccccc1Cl)NC(=S)Nc1ccc(Cl)c(C(=O)NC2CCCCC2)c1. The summed E-state index contributed by atoms with van der Waals surface area (Å²) in [5.41, 5.74) is 1.86. The third-order valence-electron chi connectivity index (χ3n) is 5.24. The van der Waals surface area contributed by atoms with Crippen molar-refractivity contribution in [2.75, 3.05) is 5.32 Å². The van der Waals surface area contributed by atoms with Crippen molar-refractivity contribution in [1.82, 2.24) is 10.6 Å². The number of carbonyl (C=O) groups excluding carboxylic acids is 2. The van der Waals surface area contributed by atoms with Crippen LogP contribution in [-0.4, -0.2) is 23.0 Å². The molecule has 1 aliphatic rings. The second-order valence-electron chi connectivity index (χ2n) is 7.60. The molecule has 5 nitrogen and oxygen atoms in total. The van der Waals surface area contributed by atoms with Gasteiger partial charge in [0, 0.05) is 23.2 Å². The van der Waals surface area contributed by atoms with Crippen LogP contribution < -0.4 is 16.0 Å². The van der Waals surface area contributed by atoms with Crippen molar-refractivity contribution >= 4 is 58.0 Å². The zero-order valence-corrected chi connectivity index (χ0v) is 19.4. The Morgan fingerprint density at radius 1 is 1.00 bits per heavy atom. The van der Waals surface area contributed by atoms with E-state index in [1.165, 1.54) is 6.42 Å². The summed E-state index contributed by atoms with van der Waals surface area (Å²) in [6.45, 7) is 0. The van der Waals surface area contributed by atoms with Gasteiger partial charge >= 0.3 is 0 Å². The van der Waals surface area contributed by atoms with E-state index in [9.17, 15) is 9.59 Å². The molecule has 1 fully saturated rings. The Labute approximate surface area is 197 Å². The van der Waals surface area contributed by atoms with Gasteiger partial charge in [0.1, 0.15) is 0 Å². The van der Waals surface area contributed by atoms with Gasteiger partial charge < -0.3 is 16.0 Å². The van der Waals surface area contributed by atoms with Crippen LogP contribution in [0.3, 0.4) is 0 Å². The van der Waals surface area contributed by atoms with Crippen LogP contribution in [0.25, 0.3) is 0 Å². The van der Waals surface area contributed by atoms with Gasteiger partial charge in [-0.1, -0.05) is 60.7 Å². The highest BCUT2D eigenvalue weighted by Gasteiger charge is 2.19. The average Bonchev–Trinajstić information content (AvgIpc) is 2.75. The first-order valence-corrected chi connectivity index (χ1v) is 11.5. The van der Waals surface area contributed by atoms with Crippen LogP contribution in [-0.2, 0) is 11.2 Å². The van der Waals surface area contributed by atoms with Gasteiger partial charge in [0.15, 0.2) is 5.11 Å². The molecular weight excluding hydrogens is 453 g/mol. The van der Waals surface area contributed by atoms with Crippen molar-refractivity contribution in [2.45, 2.75) is 51.0 Å². The lowest BCUT2D eigenvalue weighted by Gasteiger charge is -2.23. The summed E-state index contributed by atoms with van der Waals surface area (Å²) in [6, 6.07) is 12.6. The van der Waals surface area contributed by atoms with E-state index in [2.05, 4.69) is 16.0 Å². The molecule has 0 saturated heterocycles. The lowest BCUT2D eigenvalue weighted by molar-refractivity contribution is -0.119. The molecule has 0 aliphatic heterocycles. The van der Waals surface area contributed by atoms with Crippen molar-refractivity contribution in [2.24, 2.45) is 0 Å². The van der Waals surface area contributed by atoms with Gasteiger partial charge in [-0.05, 0) is 61.3 Å². The molecule has 8 heteroatoms. The highest BCUT2D eigenvalue weighted by atomic mass is 35.5. The fourth-order valence-electron chi connectivity index (χ4n) is 3.59. The molecule has 1 aliphatic carbocycles. The number of benzene rings is 2. The molecule has 164 valence electrons. The molecule has 0 aromatic heterocycles. The molecular formula is C23H25Cl2N3O2S. The van der Waals surface area contributed by atoms with Crippen LogP contribution in [0.4, 0.5) is 5.69 Å². The van der Waals surface area contributed by atoms with Gasteiger partial charge in [-0.25, -0.2) is 0 Å². The maximum Gasteiger partial charge on any atom is 0.253 e. The molecule has 0 unspecified atom stereocenters. The van der Waals surface area contributed by atoms with Gasteiger partial charge in [-0.15, -0.1) is 0 Å². The Morgan fingerprint density at radius 2 is 1.74 bits per heavy atom. The second kappa shape index (κ2) is 11.5. The van der Waals surface area contributed by atoms with Gasteiger partial charge in [0.2, 0.25) is 5.91 Å². The number of carbonyl (C=O) groups is 2. The molecule has 2 aromatic rings. The topological polar surface area (TPSA) is 70.2 Å². The second-order valence-corrected chi connectivity index (χ2v) is 8.82. The Morgan fingerprint density at radius 3 is 2.48 bits per heavy atom. The molecule has 2 aromatic carbocycles. The molecule has 0 bridgehead atoms. The van der Waals surface area contributed by atoms with Crippen LogP contribution in [0, 0.1) is 0 Å². The van der Waals surface area contributed by atoms with Crippen molar-refractivity contribution in [1.29, 1.82) is 0 Å². The van der Waals surface area contributed by atoms with E-state index >= 15 is 0 Å². The van der Waals surface area contributed by atoms with Gasteiger partial charge in [-0.2, -0.15) is 0 Å². The summed E-state index contributed by atoms with van der Waals surface area (Å²) in [4.78, 5) is 24.9. The lowest BCUT2D eigenvalue weighted by Crippen LogP contribution is -2.36. The van der Waals surface area contributed by atoms with Gasteiger partial charge in [0.05, 0.1) is 10.6 Å². The van der Waals surface area contributed by atoms with E-state index in [1.54, 1.807) is 24.3 Å². The number of hydrogen-bond acceptors (Lipinski definition) is 3. The maximum atomic E-state index is 12.7. The molecule has 0 heterocycles. The Kier molecular flexibility index (Phi) is 8.69. The van der Waals surface area contributed by atoms with E-state index in [1.807, 2.05) is 18.2 Å². The van der Waals surface area contributed by atoms with Crippen molar-refractivity contribution in [3.05, 3.63) is 63.6 Å². The van der Waals surface area contributed by atoms with Crippen molar-refractivity contribution < 1.29 is 9.59 Å². The summed E-state index contributed by atoms with van der Waals surface area (Å²) in [6.07, 6.45) is 6.22. The van der Waals surface area contributed by atoms with Crippen LogP contribution >= 0.6 is 35.4 Å². The third-order valence-corrected chi connectivity index (χ3v) is 6.14. The summed E-state index contributed by atoms with van der Waals surface area (Å²) in [5, 5.41) is 9.82. The number of halogens is 2. The first kappa shape index (κ1) is 23.5. The summed E-state index contributed by atoms with van der Waals surface area (Å²) in [5.74, 6) is -0.420. The zero-order chi connectivity index (χ0) is 22.2. The quantitative estimate of drug-likeness (QED) is 0.480. The first-order valence-electron chi connectivity index (χ1n) is 10.4. The number of rotatable bonds is 6. The Balaban J connectivity index is 1.53. The molecule has 3 N–H and O–H groups in total. The van der Waals surface area contributed by atoms with Crippen LogP contribution in [0.15, 0.2) is 42.5 Å². The van der Waals surface area contributed by atoms with Gasteiger partial charge in [-0.3, -0.25) is 9.59 Å². The number of amides is 2. The molecule has 31 heavy (non-hydrogen) atoms. The zero-order valence-electron chi connectivity index (χ0n) is 17.0. The summed E-state index contributed by atoms with van der Waals surface area (Å²) < 4.78 is 0. The standard InChI is InChI=1S/C23H25Cl2N3O2S/c24-19-9-5-4-6-15(19)10-13-21(29)28-23(31)27-17-11-12-20(25)18(14-17)22(30)26-16-7-2-1-3-8-16/h4-6,9,11-12,14,16H,1-3,7-8,10,13H2,(H,26,30)(H2,27,28,29,31). The first-order chi connectivity index (χ1) is 14.9. The molecule has 0 radical (unpaired) electrons. The molecule has 0 atom stereocenters. The van der Waals surface area contributed by atoms with Crippen LogP contribution in [0.2, 0.25) is 10.0 Å². The predicted molar refractivity (Wildman–Crippen MR) is 130 cm³/mol. The molecule has 0 spiro atoms. The lowest BCUT2D eigenvalue weighted by atomic mass is 9.95. The minimum Gasteiger partial charge on any atom is -0.349 e.